The Labute approximate surface area is 111 Å². The second-order valence-corrected chi connectivity index (χ2v) is 5.93. The zero-order valence-corrected chi connectivity index (χ0v) is 10.9. The maximum atomic E-state index is 3.74. The lowest BCUT2D eigenvalue weighted by Crippen LogP contribution is -2.32. The maximum absolute atomic E-state index is 3.74. The molecule has 3 heteroatoms. The minimum absolute atomic E-state index is 0.464. The third-order valence-electron chi connectivity index (χ3n) is 4.21. The first-order chi connectivity index (χ1) is 8.93. The Morgan fingerprint density at radius 3 is 2.94 bits per heavy atom. The van der Waals surface area contributed by atoms with Crippen molar-refractivity contribution >= 4 is 17.0 Å². The van der Waals surface area contributed by atoms with Gasteiger partial charge in [-0.1, -0.05) is 18.2 Å². The quantitative estimate of drug-likeness (QED) is 0.815. The lowest BCUT2D eigenvalue weighted by atomic mass is 9.81. The Morgan fingerprint density at radius 2 is 2.06 bits per heavy atom. The molecule has 0 spiro atoms. The van der Waals surface area contributed by atoms with Crippen LogP contribution >= 0.6 is 11.3 Å². The second kappa shape index (κ2) is 4.11. The first kappa shape index (κ1) is 10.6. The van der Waals surface area contributed by atoms with Crippen molar-refractivity contribution in [1.29, 1.82) is 0 Å². The summed E-state index contributed by atoms with van der Waals surface area (Å²) in [5, 5.41) is 11.9. The molecule has 2 aromatic rings. The molecule has 4 rings (SSSR count). The normalized spacial score (nSPS) is 29.4. The number of nitrogens with one attached hydrogen (secondary N) is 2. The van der Waals surface area contributed by atoms with Crippen LogP contribution in [0.5, 0.6) is 0 Å². The molecule has 18 heavy (non-hydrogen) atoms. The highest BCUT2D eigenvalue weighted by Crippen LogP contribution is 2.47. The summed E-state index contributed by atoms with van der Waals surface area (Å²) < 4.78 is 0. The zero-order valence-electron chi connectivity index (χ0n) is 10.1. The number of hydrogen-bond donors (Lipinski definition) is 2. The molecule has 1 aromatic carbocycles. The first-order valence-corrected chi connectivity index (χ1v) is 7.49. The molecule has 92 valence electrons. The van der Waals surface area contributed by atoms with Crippen molar-refractivity contribution in [3.63, 3.8) is 0 Å². The summed E-state index contributed by atoms with van der Waals surface area (Å²) >= 11 is 1.79. The van der Waals surface area contributed by atoms with E-state index in [4.69, 9.17) is 0 Å². The fourth-order valence-corrected chi connectivity index (χ4v) is 4.08. The molecule has 2 aliphatic rings. The van der Waals surface area contributed by atoms with Crippen LogP contribution in [0.2, 0.25) is 0 Å². The number of thiophene rings is 1. The van der Waals surface area contributed by atoms with Crippen molar-refractivity contribution in [3.05, 3.63) is 52.2 Å². The molecule has 1 unspecified atom stereocenters. The van der Waals surface area contributed by atoms with E-state index >= 15 is 0 Å². The zero-order chi connectivity index (χ0) is 11.9. The molecule has 0 amide bonds. The third kappa shape index (κ3) is 1.51. The van der Waals surface area contributed by atoms with E-state index in [1.165, 1.54) is 23.2 Å². The monoisotopic (exact) mass is 256 g/mol. The highest BCUT2D eigenvalue weighted by molar-refractivity contribution is 7.08. The Kier molecular flexibility index (Phi) is 2.42. The van der Waals surface area contributed by atoms with E-state index in [-0.39, 0.29) is 0 Å². The van der Waals surface area contributed by atoms with Crippen LogP contribution in [0.25, 0.3) is 0 Å². The van der Waals surface area contributed by atoms with Crippen LogP contribution < -0.4 is 10.6 Å². The first-order valence-electron chi connectivity index (χ1n) is 6.54. The molecule has 3 heterocycles. The van der Waals surface area contributed by atoms with Gasteiger partial charge in [0.05, 0.1) is 6.04 Å². The molecular weight excluding hydrogens is 240 g/mol. The summed E-state index contributed by atoms with van der Waals surface area (Å²) in [7, 11) is 0. The predicted molar refractivity (Wildman–Crippen MR) is 76.0 cm³/mol. The standard InChI is InChI=1S/C15H16N2S/c1-2-4-13-11(3-1)15-12(5-7-16-15)14(17-13)10-6-8-18-9-10/h1-4,6,8-9,12,14-17H,5,7H2/t12?,14-,15-/m1/s1. The molecule has 0 bridgehead atoms. The van der Waals surface area contributed by atoms with E-state index in [1.807, 2.05) is 0 Å². The average Bonchev–Trinajstić information content (AvgIpc) is 3.09. The van der Waals surface area contributed by atoms with Crippen molar-refractivity contribution in [2.75, 3.05) is 11.9 Å². The van der Waals surface area contributed by atoms with Crippen LogP contribution in [0.4, 0.5) is 5.69 Å². The Balaban J connectivity index is 1.80. The van der Waals surface area contributed by atoms with Gasteiger partial charge in [-0.25, -0.2) is 0 Å². The van der Waals surface area contributed by atoms with Gasteiger partial charge < -0.3 is 10.6 Å². The van der Waals surface area contributed by atoms with Crippen molar-refractivity contribution in [2.24, 2.45) is 5.92 Å². The Morgan fingerprint density at radius 1 is 1.11 bits per heavy atom. The molecular formula is C15H16N2S. The molecule has 1 aromatic heterocycles. The van der Waals surface area contributed by atoms with E-state index in [9.17, 15) is 0 Å². The minimum Gasteiger partial charge on any atom is -0.378 e. The predicted octanol–water partition coefficient (Wildman–Crippen LogP) is 3.57. The third-order valence-corrected chi connectivity index (χ3v) is 4.91. The molecule has 2 nitrogen and oxygen atoms in total. The van der Waals surface area contributed by atoms with Gasteiger partial charge in [0.1, 0.15) is 0 Å². The summed E-state index contributed by atoms with van der Waals surface area (Å²) in [5.41, 5.74) is 4.17. The molecule has 1 saturated heterocycles. The summed E-state index contributed by atoms with van der Waals surface area (Å²) in [6, 6.07) is 12.0. The number of hydrogen-bond acceptors (Lipinski definition) is 3. The number of benzene rings is 1. The van der Waals surface area contributed by atoms with E-state index in [1.54, 1.807) is 11.3 Å². The summed E-state index contributed by atoms with van der Waals surface area (Å²) in [6.45, 7) is 1.13. The second-order valence-electron chi connectivity index (χ2n) is 5.15. The van der Waals surface area contributed by atoms with Gasteiger partial charge >= 0.3 is 0 Å². The Bertz CT molecular complexity index is 549. The van der Waals surface area contributed by atoms with Crippen LogP contribution in [-0.4, -0.2) is 6.54 Å². The largest absolute Gasteiger partial charge is 0.378 e. The highest BCUT2D eigenvalue weighted by atomic mass is 32.1. The van der Waals surface area contributed by atoms with Gasteiger partial charge in [0.2, 0.25) is 0 Å². The number of para-hydroxylation sites is 1. The van der Waals surface area contributed by atoms with Crippen molar-refractivity contribution in [2.45, 2.75) is 18.5 Å². The number of rotatable bonds is 1. The SMILES string of the molecule is c1ccc2c(c1)N[C@H](c1ccsc1)C1CCN[C@H]21. The van der Waals surface area contributed by atoms with Gasteiger partial charge in [-0.3, -0.25) is 0 Å². The van der Waals surface area contributed by atoms with Crippen LogP contribution in [-0.2, 0) is 0 Å². The van der Waals surface area contributed by atoms with Crippen LogP contribution in [0.1, 0.15) is 29.6 Å². The van der Waals surface area contributed by atoms with E-state index in [0.29, 0.717) is 18.0 Å². The maximum Gasteiger partial charge on any atom is 0.0568 e. The molecule has 2 N–H and O–H groups in total. The average molecular weight is 256 g/mol. The summed E-state index contributed by atoms with van der Waals surface area (Å²) in [4.78, 5) is 0. The lowest BCUT2D eigenvalue weighted by molar-refractivity contribution is 0.391. The summed E-state index contributed by atoms with van der Waals surface area (Å²) in [5.74, 6) is 0.675. The van der Waals surface area contributed by atoms with Gasteiger partial charge in [-0.2, -0.15) is 11.3 Å². The number of anilines is 1. The van der Waals surface area contributed by atoms with Crippen LogP contribution in [0.3, 0.4) is 0 Å². The van der Waals surface area contributed by atoms with Gasteiger partial charge in [0, 0.05) is 17.6 Å². The molecule has 0 saturated carbocycles. The van der Waals surface area contributed by atoms with Crippen molar-refractivity contribution in [3.8, 4) is 0 Å². The fraction of sp³-hybridized carbons (Fsp3) is 0.333. The van der Waals surface area contributed by atoms with E-state index in [2.05, 4.69) is 51.7 Å². The fourth-order valence-electron chi connectivity index (χ4n) is 3.38. The molecule has 0 aliphatic carbocycles. The van der Waals surface area contributed by atoms with Gasteiger partial charge in [0.15, 0.2) is 0 Å². The lowest BCUT2D eigenvalue weighted by Gasteiger charge is -2.36. The van der Waals surface area contributed by atoms with Crippen molar-refractivity contribution in [1.82, 2.24) is 5.32 Å². The summed E-state index contributed by atoms with van der Waals surface area (Å²) in [6.07, 6.45) is 1.26. The molecule has 2 aliphatic heterocycles. The molecule has 1 fully saturated rings. The molecule has 0 radical (unpaired) electrons. The Hall–Kier alpha value is -1.32. The van der Waals surface area contributed by atoms with Gasteiger partial charge in [-0.15, -0.1) is 0 Å². The minimum atomic E-state index is 0.464. The van der Waals surface area contributed by atoms with Gasteiger partial charge in [0.25, 0.3) is 0 Å². The molecule has 3 atom stereocenters. The van der Waals surface area contributed by atoms with E-state index in [0.717, 1.165) is 6.54 Å². The highest BCUT2D eigenvalue weighted by Gasteiger charge is 2.39. The van der Waals surface area contributed by atoms with E-state index < -0.39 is 0 Å². The number of fused-ring (bicyclic) bond motifs is 3. The topological polar surface area (TPSA) is 24.1 Å². The smallest absolute Gasteiger partial charge is 0.0568 e. The van der Waals surface area contributed by atoms with Crippen LogP contribution in [0.15, 0.2) is 41.1 Å². The van der Waals surface area contributed by atoms with Crippen molar-refractivity contribution < 1.29 is 0 Å². The van der Waals surface area contributed by atoms with Gasteiger partial charge in [-0.05, 0) is 47.0 Å². The van der Waals surface area contributed by atoms with Crippen LogP contribution in [0, 0.1) is 5.92 Å².